The maximum Gasteiger partial charge on any atom is 0.227 e. The molecule has 9 nitrogen and oxygen atoms in total. The van der Waals surface area contributed by atoms with Gasteiger partial charge in [-0.25, -0.2) is 19.9 Å². The second kappa shape index (κ2) is 10.0. The van der Waals surface area contributed by atoms with Gasteiger partial charge in [-0.2, -0.15) is 0 Å². The Balaban J connectivity index is 1.22. The van der Waals surface area contributed by atoms with Crippen molar-refractivity contribution in [3.8, 4) is 17.0 Å². The molecule has 0 aliphatic carbocycles. The summed E-state index contributed by atoms with van der Waals surface area (Å²) in [5, 5.41) is 0. The fourth-order valence-corrected chi connectivity index (χ4v) is 4.67. The van der Waals surface area contributed by atoms with Crippen molar-refractivity contribution in [2.45, 2.75) is 12.8 Å². The van der Waals surface area contributed by atoms with E-state index in [1.165, 1.54) is 0 Å². The molecule has 0 saturated carbocycles. The van der Waals surface area contributed by atoms with Gasteiger partial charge in [0.15, 0.2) is 0 Å². The van der Waals surface area contributed by atoms with Gasteiger partial charge in [0.1, 0.15) is 17.9 Å². The predicted octanol–water partition coefficient (Wildman–Crippen LogP) is 2.51. The van der Waals surface area contributed by atoms with Crippen molar-refractivity contribution < 1.29 is 9.53 Å². The molecule has 34 heavy (non-hydrogen) atoms. The Bertz CT molecular complexity index is 1100. The van der Waals surface area contributed by atoms with Crippen LogP contribution in [-0.4, -0.2) is 77.1 Å². The van der Waals surface area contributed by atoms with Crippen molar-refractivity contribution in [1.82, 2.24) is 24.8 Å². The van der Waals surface area contributed by atoms with Gasteiger partial charge in [0, 0.05) is 63.3 Å². The molecule has 0 N–H and O–H groups in total. The fourth-order valence-electron chi connectivity index (χ4n) is 4.67. The zero-order chi connectivity index (χ0) is 23.3. The maximum atomic E-state index is 13.3. The highest BCUT2D eigenvalue weighted by Gasteiger charge is 2.32. The van der Waals surface area contributed by atoms with Crippen LogP contribution in [0.25, 0.3) is 11.3 Å². The minimum atomic E-state index is -0.0207. The Labute approximate surface area is 199 Å². The third-order valence-electron chi connectivity index (χ3n) is 6.56. The highest BCUT2D eigenvalue weighted by molar-refractivity contribution is 5.80. The van der Waals surface area contributed by atoms with Gasteiger partial charge in [-0.05, 0) is 43.2 Å². The molecule has 2 aliphatic rings. The minimum absolute atomic E-state index is 0.0207. The summed E-state index contributed by atoms with van der Waals surface area (Å²) in [5.74, 6) is 2.63. The van der Waals surface area contributed by atoms with Gasteiger partial charge in [-0.3, -0.25) is 4.79 Å². The van der Waals surface area contributed by atoms with E-state index in [2.05, 4.69) is 29.7 Å². The van der Waals surface area contributed by atoms with Crippen LogP contribution in [-0.2, 0) is 4.79 Å². The van der Waals surface area contributed by atoms with E-state index < -0.39 is 0 Å². The van der Waals surface area contributed by atoms with Crippen LogP contribution in [0.5, 0.6) is 5.75 Å². The van der Waals surface area contributed by atoms with Crippen molar-refractivity contribution in [2.75, 3.05) is 56.2 Å². The first-order valence-corrected chi connectivity index (χ1v) is 11.7. The Morgan fingerprint density at radius 2 is 1.71 bits per heavy atom. The van der Waals surface area contributed by atoms with Crippen molar-refractivity contribution in [3.05, 3.63) is 55.1 Å². The van der Waals surface area contributed by atoms with E-state index in [-0.39, 0.29) is 11.8 Å². The van der Waals surface area contributed by atoms with Crippen LogP contribution in [0, 0.1) is 5.92 Å². The lowest BCUT2D eigenvalue weighted by molar-refractivity contribution is -0.136. The molecule has 4 heterocycles. The first-order valence-electron chi connectivity index (χ1n) is 11.7. The molecule has 2 saturated heterocycles. The van der Waals surface area contributed by atoms with Crippen LogP contribution in [0.15, 0.2) is 55.1 Å². The van der Waals surface area contributed by atoms with Crippen molar-refractivity contribution >= 4 is 17.7 Å². The molecule has 1 unspecified atom stereocenters. The number of hydrogen-bond donors (Lipinski definition) is 0. The standard InChI is InChI=1S/C25H29N7O2/c1-34-21-7-5-19(6-8-21)22-16-23(29-18-28-22)32-11-2-4-20(17-32)24(33)30-12-14-31(15-13-30)25-26-9-3-10-27-25/h3,5-10,16,18,20H,2,4,11-15,17H2,1H3. The molecule has 1 amide bonds. The van der Waals surface area contributed by atoms with Gasteiger partial charge in [0.2, 0.25) is 11.9 Å². The van der Waals surface area contributed by atoms with Crippen LogP contribution in [0.3, 0.4) is 0 Å². The molecule has 0 spiro atoms. The monoisotopic (exact) mass is 459 g/mol. The molecule has 3 aromatic rings. The van der Waals surface area contributed by atoms with E-state index >= 15 is 0 Å². The molecule has 9 heteroatoms. The summed E-state index contributed by atoms with van der Waals surface area (Å²) in [5.41, 5.74) is 1.87. The van der Waals surface area contributed by atoms with Crippen molar-refractivity contribution in [2.24, 2.45) is 5.92 Å². The fraction of sp³-hybridized carbons (Fsp3) is 0.400. The predicted molar refractivity (Wildman–Crippen MR) is 130 cm³/mol. The second-order valence-electron chi connectivity index (χ2n) is 8.64. The van der Waals surface area contributed by atoms with E-state index in [1.807, 2.05) is 41.3 Å². The zero-order valence-electron chi connectivity index (χ0n) is 19.4. The maximum absolute atomic E-state index is 13.3. The van der Waals surface area contributed by atoms with Crippen LogP contribution in [0.2, 0.25) is 0 Å². The summed E-state index contributed by atoms with van der Waals surface area (Å²) in [6, 6.07) is 11.7. The molecule has 176 valence electrons. The Morgan fingerprint density at radius 3 is 2.44 bits per heavy atom. The lowest BCUT2D eigenvalue weighted by Crippen LogP contribution is -2.53. The molecular weight excluding hydrogens is 430 g/mol. The van der Waals surface area contributed by atoms with E-state index in [4.69, 9.17) is 4.74 Å². The summed E-state index contributed by atoms with van der Waals surface area (Å²) >= 11 is 0. The van der Waals surface area contributed by atoms with Gasteiger partial charge in [-0.15, -0.1) is 0 Å². The molecule has 0 radical (unpaired) electrons. The van der Waals surface area contributed by atoms with Gasteiger partial charge in [0.05, 0.1) is 18.7 Å². The number of piperazine rings is 1. The topological polar surface area (TPSA) is 87.6 Å². The number of aromatic nitrogens is 4. The van der Waals surface area contributed by atoms with Gasteiger partial charge >= 0.3 is 0 Å². The lowest BCUT2D eigenvalue weighted by atomic mass is 9.96. The molecule has 1 aromatic carbocycles. The number of anilines is 2. The normalized spacial score (nSPS) is 18.6. The average Bonchev–Trinajstić information content (AvgIpc) is 2.93. The number of nitrogens with zero attached hydrogens (tertiary/aromatic N) is 7. The van der Waals surface area contributed by atoms with Crippen LogP contribution >= 0.6 is 0 Å². The number of ether oxygens (including phenoxy) is 1. The Hall–Kier alpha value is -3.75. The number of piperidine rings is 1. The number of benzene rings is 1. The van der Waals surface area contributed by atoms with E-state index in [1.54, 1.807) is 25.8 Å². The summed E-state index contributed by atoms with van der Waals surface area (Å²) in [6.07, 6.45) is 6.99. The lowest BCUT2D eigenvalue weighted by Gasteiger charge is -2.39. The number of methoxy groups -OCH3 is 1. The van der Waals surface area contributed by atoms with Crippen LogP contribution < -0.4 is 14.5 Å². The van der Waals surface area contributed by atoms with Crippen LogP contribution in [0.1, 0.15) is 12.8 Å². The summed E-state index contributed by atoms with van der Waals surface area (Å²) in [6.45, 7) is 4.47. The van der Waals surface area contributed by atoms with Gasteiger partial charge < -0.3 is 19.4 Å². The second-order valence-corrected chi connectivity index (χ2v) is 8.64. The molecule has 5 rings (SSSR count). The highest BCUT2D eigenvalue weighted by Crippen LogP contribution is 2.27. The largest absolute Gasteiger partial charge is 0.497 e. The first kappa shape index (κ1) is 22.1. The number of hydrogen-bond acceptors (Lipinski definition) is 8. The third kappa shape index (κ3) is 4.78. The summed E-state index contributed by atoms with van der Waals surface area (Å²) in [4.78, 5) is 37.3. The zero-order valence-corrected chi connectivity index (χ0v) is 19.4. The van der Waals surface area contributed by atoms with Gasteiger partial charge in [0.25, 0.3) is 0 Å². The van der Waals surface area contributed by atoms with Gasteiger partial charge in [-0.1, -0.05) is 0 Å². The number of carbonyl (C=O) groups is 1. The molecule has 0 bridgehead atoms. The number of carbonyl (C=O) groups excluding carboxylic acids is 1. The Kier molecular flexibility index (Phi) is 6.51. The van der Waals surface area contributed by atoms with E-state index in [9.17, 15) is 4.79 Å². The quantitative estimate of drug-likeness (QED) is 0.575. The van der Waals surface area contributed by atoms with Crippen molar-refractivity contribution in [1.29, 1.82) is 0 Å². The van der Waals surface area contributed by atoms with Crippen LogP contribution in [0.4, 0.5) is 11.8 Å². The minimum Gasteiger partial charge on any atom is -0.497 e. The van der Waals surface area contributed by atoms with E-state index in [0.29, 0.717) is 19.6 Å². The Morgan fingerprint density at radius 1 is 0.941 bits per heavy atom. The summed E-state index contributed by atoms with van der Waals surface area (Å²) in [7, 11) is 1.66. The number of amides is 1. The first-order chi connectivity index (χ1) is 16.7. The average molecular weight is 460 g/mol. The molecular formula is C25H29N7O2. The van der Waals surface area contributed by atoms with Crippen molar-refractivity contribution in [3.63, 3.8) is 0 Å². The molecule has 2 fully saturated rings. The highest BCUT2D eigenvalue weighted by atomic mass is 16.5. The third-order valence-corrected chi connectivity index (χ3v) is 6.56. The molecule has 1 atom stereocenters. The molecule has 2 aliphatic heterocycles. The van der Waals surface area contributed by atoms with E-state index in [0.717, 1.165) is 61.2 Å². The smallest absolute Gasteiger partial charge is 0.227 e. The molecule has 2 aromatic heterocycles. The summed E-state index contributed by atoms with van der Waals surface area (Å²) < 4.78 is 5.25. The SMILES string of the molecule is COc1ccc(-c2cc(N3CCCC(C(=O)N4CCN(c5ncccn5)CC4)C3)ncn2)cc1. The number of rotatable bonds is 5.